The van der Waals surface area contributed by atoms with Crippen LogP contribution in [0.25, 0.3) is 17.1 Å². The fourth-order valence-electron chi connectivity index (χ4n) is 3.49. The quantitative estimate of drug-likeness (QED) is 0.327. The molecule has 1 unspecified atom stereocenters. The lowest BCUT2D eigenvalue weighted by molar-refractivity contribution is 0.414. The van der Waals surface area contributed by atoms with Crippen molar-refractivity contribution in [3.63, 3.8) is 0 Å². The molecule has 33 heavy (non-hydrogen) atoms. The molecule has 0 saturated carbocycles. The molecular formula is C26H24N4O2S. The Hall–Kier alpha value is -3.76. The van der Waals surface area contributed by atoms with Crippen LogP contribution in [0.5, 0.6) is 11.5 Å². The van der Waals surface area contributed by atoms with Gasteiger partial charge < -0.3 is 9.47 Å². The van der Waals surface area contributed by atoms with Crippen molar-refractivity contribution >= 4 is 11.8 Å². The number of hydrogen-bond acceptors (Lipinski definition) is 6. The number of hydrogen-bond donors (Lipinski definition) is 0. The number of aromatic nitrogens is 3. The van der Waals surface area contributed by atoms with Crippen LogP contribution in [0.2, 0.25) is 0 Å². The Balaban J connectivity index is 1.75. The van der Waals surface area contributed by atoms with Crippen molar-refractivity contribution in [1.82, 2.24) is 14.8 Å². The standard InChI is InChI=1S/C26H24N4O2S/c1-18-8-10-19(11-9-18)16-22(17-27)33-26-29-28-25(23-6-4-5-7-24(23)32-3)30(26)20-12-14-21(31-2)15-13-20/h4-15,22H,16H2,1-3H3. The van der Waals surface area contributed by atoms with Crippen LogP contribution in [0.1, 0.15) is 11.1 Å². The number of rotatable bonds is 8. The maximum atomic E-state index is 9.87. The van der Waals surface area contributed by atoms with Crippen molar-refractivity contribution in [2.24, 2.45) is 0 Å². The van der Waals surface area contributed by atoms with Crippen molar-refractivity contribution in [1.29, 1.82) is 5.26 Å². The highest BCUT2D eigenvalue weighted by Gasteiger charge is 2.22. The van der Waals surface area contributed by atoms with Crippen LogP contribution >= 0.6 is 11.8 Å². The number of thioether (sulfide) groups is 1. The smallest absolute Gasteiger partial charge is 0.197 e. The lowest BCUT2D eigenvalue weighted by atomic mass is 10.1. The molecule has 0 spiro atoms. The molecule has 0 aliphatic carbocycles. The highest BCUT2D eigenvalue weighted by atomic mass is 32.2. The summed E-state index contributed by atoms with van der Waals surface area (Å²) in [6.45, 7) is 2.05. The van der Waals surface area contributed by atoms with Crippen LogP contribution in [-0.2, 0) is 6.42 Å². The van der Waals surface area contributed by atoms with E-state index in [2.05, 4.69) is 47.5 Å². The summed E-state index contributed by atoms with van der Waals surface area (Å²) in [6, 6.07) is 26.1. The van der Waals surface area contributed by atoms with E-state index in [1.807, 2.05) is 53.1 Å². The Morgan fingerprint density at radius 1 is 0.939 bits per heavy atom. The molecule has 4 aromatic rings. The van der Waals surface area contributed by atoms with Crippen LogP contribution in [-0.4, -0.2) is 34.2 Å². The van der Waals surface area contributed by atoms with Gasteiger partial charge in [-0.1, -0.05) is 53.7 Å². The van der Waals surface area contributed by atoms with E-state index < -0.39 is 0 Å². The van der Waals surface area contributed by atoms with Crippen molar-refractivity contribution in [3.8, 4) is 34.6 Å². The summed E-state index contributed by atoms with van der Waals surface area (Å²) in [7, 11) is 3.27. The second-order valence-corrected chi connectivity index (χ2v) is 8.64. The third-order valence-electron chi connectivity index (χ3n) is 5.25. The second-order valence-electron chi connectivity index (χ2n) is 7.47. The van der Waals surface area contributed by atoms with Gasteiger partial charge in [-0.3, -0.25) is 4.57 Å². The molecule has 0 bridgehead atoms. The molecule has 0 saturated heterocycles. The molecule has 4 rings (SSSR count). The van der Waals surface area contributed by atoms with Crippen LogP contribution < -0.4 is 9.47 Å². The highest BCUT2D eigenvalue weighted by Crippen LogP contribution is 2.35. The number of methoxy groups -OCH3 is 2. The molecule has 166 valence electrons. The predicted octanol–water partition coefficient (Wildman–Crippen LogP) is 5.49. The largest absolute Gasteiger partial charge is 0.497 e. The summed E-state index contributed by atoms with van der Waals surface area (Å²) < 4.78 is 12.8. The molecule has 1 heterocycles. The van der Waals surface area contributed by atoms with E-state index in [1.165, 1.54) is 17.3 Å². The zero-order valence-corrected chi connectivity index (χ0v) is 19.5. The van der Waals surface area contributed by atoms with Gasteiger partial charge in [-0.15, -0.1) is 10.2 Å². The van der Waals surface area contributed by atoms with E-state index in [9.17, 15) is 5.26 Å². The molecule has 7 heteroatoms. The van der Waals surface area contributed by atoms with Gasteiger partial charge in [0.1, 0.15) is 16.7 Å². The molecule has 1 atom stereocenters. The average molecular weight is 457 g/mol. The first-order valence-electron chi connectivity index (χ1n) is 10.5. The minimum atomic E-state index is -0.320. The number of nitriles is 1. The van der Waals surface area contributed by atoms with Crippen LogP contribution in [0, 0.1) is 18.3 Å². The van der Waals surface area contributed by atoms with Crippen molar-refractivity contribution in [3.05, 3.63) is 83.9 Å². The summed E-state index contributed by atoms with van der Waals surface area (Å²) >= 11 is 1.40. The summed E-state index contributed by atoms with van der Waals surface area (Å²) in [5, 5.41) is 19.2. The SMILES string of the molecule is COc1ccc(-n2c(SC(C#N)Cc3ccc(C)cc3)nnc2-c2ccccc2OC)cc1. The Morgan fingerprint density at radius 3 is 2.33 bits per heavy atom. The first-order valence-corrected chi connectivity index (χ1v) is 11.4. The number of benzene rings is 3. The Kier molecular flexibility index (Phi) is 6.96. The Morgan fingerprint density at radius 2 is 1.67 bits per heavy atom. The van der Waals surface area contributed by atoms with Gasteiger partial charge in [0, 0.05) is 0 Å². The first kappa shape index (κ1) is 22.4. The predicted molar refractivity (Wildman–Crippen MR) is 130 cm³/mol. The molecular weight excluding hydrogens is 432 g/mol. The van der Waals surface area contributed by atoms with Gasteiger partial charge in [-0.05, 0) is 55.3 Å². The molecule has 3 aromatic carbocycles. The lowest BCUT2D eigenvalue weighted by Crippen LogP contribution is -2.07. The third kappa shape index (κ3) is 5.02. The maximum Gasteiger partial charge on any atom is 0.197 e. The molecule has 0 N–H and O–H groups in total. The van der Waals surface area contributed by atoms with E-state index in [0.717, 1.165) is 22.6 Å². The maximum absolute atomic E-state index is 9.87. The van der Waals surface area contributed by atoms with Crippen LogP contribution in [0.3, 0.4) is 0 Å². The minimum absolute atomic E-state index is 0.320. The first-order chi connectivity index (χ1) is 16.1. The van der Waals surface area contributed by atoms with Gasteiger partial charge in [0.05, 0.1) is 31.5 Å². The van der Waals surface area contributed by atoms with Gasteiger partial charge in [0.15, 0.2) is 11.0 Å². The number of aryl methyl sites for hydroxylation is 1. The molecule has 0 aliphatic heterocycles. The third-order valence-corrected chi connectivity index (χ3v) is 6.28. The van der Waals surface area contributed by atoms with E-state index >= 15 is 0 Å². The van der Waals surface area contributed by atoms with Gasteiger partial charge in [-0.25, -0.2) is 0 Å². The number of nitrogens with zero attached hydrogens (tertiary/aromatic N) is 4. The zero-order valence-electron chi connectivity index (χ0n) is 18.7. The van der Waals surface area contributed by atoms with E-state index in [1.54, 1.807) is 14.2 Å². The fraction of sp³-hybridized carbons (Fsp3) is 0.192. The van der Waals surface area contributed by atoms with Crippen molar-refractivity contribution < 1.29 is 9.47 Å². The molecule has 1 aromatic heterocycles. The van der Waals surface area contributed by atoms with Gasteiger partial charge in [-0.2, -0.15) is 5.26 Å². The van der Waals surface area contributed by atoms with Crippen LogP contribution in [0.4, 0.5) is 0 Å². The van der Waals surface area contributed by atoms with E-state index in [4.69, 9.17) is 9.47 Å². The molecule has 0 amide bonds. The molecule has 0 fully saturated rings. The van der Waals surface area contributed by atoms with E-state index in [0.29, 0.717) is 23.2 Å². The Bertz CT molecular complexity index is 1260. The summed E-state index contributed by atoms with van der Waals surface area (Å²) in [5.41, 5.74) is 4.00. The van der Waals surface area contributed by atoms with Gasteiger partial charge in [0.2, 0.25) is 0 Å². The number of ether oxygens (including phenoxy) is 2. The van der Waals surface area contributed by atoms with Crippen molar-refractivity contribution in [2.75, 3.05) is 14.2 Å². The van der Waals surface area contributed by atoms with Gasteiger partial charge in [0.25, 0.3) is 0 Å². The highest BCUT2D eigenvalue weighted by molar-refractivity contribution is 8.00. The lowest BCUT2D eigenvalue weighted by Gasteiger charge is -2.14. The average Bonchev–Trinajstić information content (AvgIpc) is 3.28. The molecule has 0 radical (unpaired) electrons. The zero-order chi connectivity index (χ0) is 23.2. The summed E-state index contributed by atoms with van der Waals surface area (Å²) in [4.78, 5) is 0. The molecule has 0 aliphatic rings. The van der Waals surface area contributed by atoms with Crippen molar-refractivity contribution in [2.45, 2.75) is 23.8 Å². The Labute approximate surface area is 197 Å². The number of para-hydroxylation sites is 1. The normalized spacial score (nSPS) is 11.6. The topological polar surface area (TPSA) is 73.0 Å². The second kappa shape index (κ2) is 10.2. The van der Waals surface area contributed by atoms with Gasteiger partial charge >= 0.3 is 0 Å². The molecule has 6 nitrogen and oxygen atoms in total. The monoisotopic (exact) mass is 456 g/mol. The summed E-state index contributed by atoms with van der Waals surface area (Å²) in [5.74, 6) is 2.11. The fourth-order valence-corrected chi connectivity index (χ4v) is 4.46. The minimum Gasteiger partial charge on any atom is -0.497 e. The van der Waals surface area contributed by atoms with Crippen LogP contribution in [0.15, 0.2) is 78.0 Å². The summed E-state index contributed by atoms with van der Waals surface area (Å²) in [6.07, 6.45) is 0.612. The van der Waals surface area contributed by atoms with E-state index in [-0.39, 0.29) is 5.25 Å².